The van der Waals surface area contributed by atoms with Gasteiger partial charge >= 0.3 is 0 Å². The number of hydrogen-bond donors (Lipinski definition) is 0. The topological polar surface area (TPSA) is 30.3 Å². The number of hydrogen-bond acceptors (Lipinski definition) is 5. The van der Waals surface area contributed by atoms with Crippen LogP contribution in [0.2, 0.25) is 0 Å². The van der Waals surface area contributed by atoms with Crippen molar-refractivity contribution in [3.63, 3.8) is 0 Å². The van der Waals surface area contributed by atoms with Crippen molar-refractivity contribution in [2.75, 3.05) is 62.8 Å². The summed E-state index contributed by atoms with van der Waals surface area (Å²) in [4.78, 5) is 4.89. The van der Waals surface area contributed by atoms with Crippen LogP contribution in [-0.4, -0.2) is 72.6 Å². The molecule has 5 heteroatoms. The fourth-order valence-corrected chi connectivity index (χ4v) is 4.13. The van der Waals surface area contributed by atoms with Crippen LogP contribution >= 0.6 is 23.5 Å². The molecule has 0 aromatic rings. The summed E-state index contributed by atoms with van der Waals surface area (Å²) in [5.41, 5.74) is 0. The Bertz CT molecular complexity index is 256. The Hall–Kier alpha value is 0.110. The van der Waals surface area contributed by atoms with Gasteiger partial charge in [0.25, 0.3) is 0 Å². The molecule has 1 aliphatic rings. The summed E-state index contributed by atoms with van der Waals surface area (Å²) in [6, 6.07) is 2.27. The second kappa shape index (κ2) is 11.9. The van der Waals surface area contributed by atoms with Crippen LogP contribution in [0.3, 0.4) is 0 Å². The minimum atomic E-state index is 0.660. The summed E-state index contributed by atoms with van der Waals surface area (Å²) < 4.78 is 0. The van der Waals surface area contributed by atoms with E-state index in [4.69, 9.17) is 5.26 Å². The van der Waals surface area contributed by atoms with E-state index >= 15 is 0 Å². The van der Waals surface area contributed by atoms with Gasteiger partial charge in [-0.2, -0.15) is 28.8 Å². The van der Waals surface area contributed by atoms with Gasteiger partial charge in [-0.25, -0.2) is 0 Å². The van der Waals surface area contributed by atoms with E-state index in [1.54, 1.807) is 0 Å². The number of rotatable bonds is 2. The molecule has 0 bridgehead atoms. The monoisotopic (exact) mass is 301 g/mol. The van der Waals surface area contributed by atoms with Gasteiger partial charge in [-0.15, -0.1) is 0 Å². The number of nitrogens with zero attached hydrogens (tertiary/aromatic N) is 3. The molecule has 0 aliphatic carbocycles. The normalized spacial score (nSPS) is 22.5. The summed E-state index contributed by atoms with van der Waals surface area (Å²) >= 11 is 4.18. The van der Waals surface area contributed by atoms with Gasteiger partial charge in [-0.05, 0) is 44.5 Å². The molecule has 1 aliphatic heterocycles. The van der Waals surface area contributed by atoms with Crippen molar-refractivity contribution in [1.82, 2.24) is 9.80 Å². The molecule has 1 fully saturated rings. The van der Waals surface area contributed by atoms with Crippen molar-refractivity contribution in [3.8, 4) is 6.07 Å². The highest BCUT2D eigenvalue weighted by Gasteiger charge is 2.07. The quantitative estimate of drug-likeness (QED) is 0.781. The summed E-state index contributed by atoms with van der Waals surface area (Å²) in [5, 5.41) is 8.73. The molecule has 0 unspecified atom stereocenters. The first kappa shape index (κ1) is 17.2. The molecule has 0 aromatic heterocycles. The molecule has 0 radical (unpaired) electrons. The van der Waals surface area contributed by atoms with Crippen LogP contribution in [-0.2, 0) is 0 Å². The highest BCUT2D eigenvalue weighted by molar-refractivity contribution is 8.02. The molecule has 0 aromatic carbocycles. The average Bonchev–Trinajstić information content (AvgIpc) is 2.42. The summed E-state index contributed by atoms with van der Waals surface area (Å²) in [6.45, 7) is 5.52. The fraction of sp³-hybridized carbons (Fsp3) is 0.929. The van der Waals surface area contributed by atoms with Gasteiger partial charge in [0.2, 0.25) is 0 Å². The fourth-order valence-electron chi connectivity index (χ4n) is 2.12. The van der Waals surface area contributed by atoms with E-state index in [0.717, 1.165) is 26.2 Å². The van der Waals surface area contributed by atoms with Crippen molar-refractivity contribution in [1.29, 1.82) is 5.26 Å². The molecule has 0 N–H and O–H groups in total. The Morgan fingerprint density at radius 2 is 1.63 bits per heavy atom. The predicted octanol–water partition coefficient (Wildman–Crippen LogP) is 2.39. The summed E-state index contributed by atoms with van der Waals surface area (Å²) in [7, 11) is 2.22. The van der Waals surface area contributed by atoms with Crippen molar-refractivity contribution < 1.29 is 0 Å². The van der Waals surface area contributed by atoms with Crippen molar-refractivity contribution in [2.45, 2.75) is 19.3 Å². The number of likely N-dealkylation sites (N-methyl/N-ethyl adjacent to an activating group) is 1. The van der Waals surface area contributed by atoms with E-state index in [2.05, 4.69) is 46.4 Å². The van der Waals surface area contributed by atoms with Crippen LogP contribution in [0.4, 0.5) is 0 Å². The second-order valence-electron chi connectivity index (χ2n) is 4.98. The molecule has 1 heterocycles. The zero-order valence-corrected chi connectivity index (χ0v) is 13.8. The van der Waals surface area contributed by atoms with Crippen molar-refractivity contribution in [2.24, 2.45) is 0 Å². The van der Waals surface area contributed by atoms with Crippen LogP contribution in [0.25, 0.3) is 0 Å². The van der Waals surface area contributed by atoms with Crippen molar-refractivity contribution in [3.05, 3.63) is 0 Å². The lowest BCUT2D eigenvalue weighted by atomic mass is 10.3. The van der Waals surface area contributed by atoms with E-state index in [0.29, 0.717) is 6.42 Å². The van der Waals surface area contributed by atoms with Crippen LogP contribution in [0, 0.1) is 11.3 Å². The first-order valence-corrected chi connectivity index (χ1v) is 9.57. The summed E-state index contributed by atoms with van der Waals surface area (Å²) in [5.74, 6) is 5.15. The van der Waals surface area contributed by atoms with E-state index < -0.39 is 0 Å². The maximum Gasteiger partial charge on any atom is 0.0635 e. The van der Waals surface area contributed by atoms with Gasteiger partial charge in [0.05, 0.1) is 6.07 Å². The third kappa shape index (κ3) is 9.61. The Morgan fingerprint density at radius 1 is 0.947 bits per heavy atom. The molecule has 1 rings (SSSR count). The molecule has 0 saturated carbocycles. The maximum absolute atomic E-state index is 8.73. The molecule has 19 heavy (non-hydrogen) atoms. The Labute approximate surface area is 127 Å². The SMILES string of the molecule is CN1CCCSCCSCCCN(CCC#N)CC1. The molecule has 0 amide bonds. The van der Waals surface area contributed by atoms with Crippen LogP contribution in [0.15, 0.2) is 0 Å². The number of nitriles is 1. The van der Waals surface area contributed by atoms with Gasteiger partial charge in [-0.1, -0.05) is 0 Å². The highest BCUT2D eigenvalue weighted by atomic mass is 32.2. The zero-order valence-electron chi connectivity index (χ0n) is 12.1. The predicted molar refractivity (Wildman–Crippen MR) is 88.1 cm³/mol. The average molecular weight is 302 g/mol. The highest BCUT2D eigenvalue weighted by Crippen LogP contribution is 2.10. The zero-order chi connectivity index (χ0) is 13.8. The minimum absolute atomic E-state index is 0.660. The summed E-state index contributed by atoms with van der Waals surface area (Å²) in [6.07, 6.45) is 3.21. The Balaban J connectivity index is 2.33. The number of thioether (sulfide) groups is 2. The first-order chi connectivity index (χ1) is 9.33. The molecule has 0 spiro atoms. The molecule has 110 valence electrons. The lowest BCUT2D eigenvalue weighted by Crippen LogP contribution is -2.35. The second-order valence-corrected chi connectivity index (χ2v) is 7.43. The third-order valence-corrected chi connectivity index (χ3v) is 5.70. The Kier molecular flexibility index (Phi) is 10.7. The first-order valence-electron chi connectivity index (χ1n) is 7.26. The maximum atomic E-state index is 8.73. The van der Waals surface area contributed by atoms with E-state index in [-0.39, 0.29) is 0 Å². The van der Waals surface area contributed by atoms with Gasteiger partial charge in [0.1, 0.15) is 0 Å². The molecule has 3 nitrogen and oxygen atoms in total. The minimum Gasteiger partial charge on any atom is -0.305 e. The van der Waals surface area contributed by atoms with Gasteiger partial charge in [-0.3, -0.25) is 0 Å². The molecule has 0 atom stereocenters. The van der Waals surface area contributed by atoms with Gasteiger partial charge < -0.3 is 9.80 Å². The van der Waals surface area contributed by atoms with Crippen LogP contribution in [0.5, 0.6) is 0 Å². The van der Waals surface area contributed by atoms with E-state index in [9.17, 15) is 0 Å². The van der Waals surface area contributed by atoms with Gasteiger partial charge in [0.15, 0.2) is 0 Å². The third-order valence-electron chi connectivity index (χ3n) is 3.30. The largest absolute Gasteiger partial charge is 0.305 e. The van der Waals surface area contributed by atoms with Crippen LogP contribution in [0.1, 0.15) is 19.3 Å². The lowest BCUT2D eigenvalue weighted by molar-refractivity contribution is 0.229. The van der Waals surface area contributed by atoms with Gasteiger partial charge in [0, 0.05) is 37.6 Å². The molecular formula is C14H27N3S2. The van der Waals surface area contributed by atoms with Crippen LogP contribution < -0.4 is 0 Å². The van der Waals surface area contributed by atoms with Crippen molar-refractivity contribution >= 4 is 23.5 Å². The molecule has 1 saturated heterocycles. The Morgan fingerprint density at radius 3 is 2.32 bits per heavy atom. The molecular weight excluding hydrogens is 274 g/mol. The lowest BCUT2D eigenvalue weighted by Gasteiger charge is -2.25. The smallest absolute Gasteiger partial charge is 0.0635 e. The van der Waals surface area contributed by atoms with E-state index in [1.807, 2.05) is 0 Å². The van der Waals surface area contributed by atoms with E-state index in [1.165, 1.54) is 42.4 Å². The standard InChI is InChI=1S/C14H27N3S2/c1-16-6-3-11-18-13-14-19-12-4-8-17(10-9-16)7-2-5-15/h2-4,6-14H2,1H3.